The van der Waals surface area contributed by atoms with E-state index < -0.39 is 6.16 Å². The first-order chi connectivity index (χ1) is 5.70. The van der Waals surface area contributed by atoms with Gasteiger partial charge < -0.3 is 14.6 Å². The highest BCUT2D eigenvalue weighted by Gasteiger charge is 2.23. The third-order valence-electron chi connectivity index (χ3n) is 1.30. The molecule has 0 amide bonds. The zero-order chi connectivity index (χ0) is 9.40. The fourth-order valence-corrected chi connectivity index (χ4v) is 0.329. The molecule has 1 aliphatic heterocycles. The summed E-state index contributed by atoms with van der Waals surface area (Å²) in [7, 11) is 0. The molecular formula is C8H16O4. The van der Waals surface area contributed by atoms with Crippen molar-refractivity contribution in [2.45, 2.75) is 32.8 Å². The molecule has 72 valence electrons. The minimum atomic E-state index is -1.24. The van der Waals surface area contributed by atoms with Gasteiger partial charge in [0.15, 0.2) is 0 Å². The van der Waals surface area contributed by atoms with Gasteiger partial charge in [0, 0.05) is 0 Å². The molecule has 0 aromatic carbocycles. The van der Waals surface area contributed by atoms with Crippen molar-refractivity contribution in [2.24, 2.45) is 0 Å². The molecule has 0 spiro atoms. The number of ether oxygens (including phenoxy) is 2. The van der Waals surface area contributed by atoms with Crippen molar-refractivity contribution < 1.29 is 19.4 Å². The van der Waals surface area contributed by atoms with Gasteiger partial charge in [0.1, 0.15) is 12.7 Å². The molecule has 0 aromatic heterocycles. The molecule has 1 unspecified atom stereocenters. The van der Waals surface area contributed by atoms with Crippen LogP contribution in [0.1, 0.15) is 26.7 Å². The Morgan fingerprint density at radius 2 is 2.08 bits per heavy atom. The highest BCUT2D eigenvalue weighted by atomic mass is 16.7. The summed E-state index contributed by atoms with van der Waals surface area (Å²) in [6, 6.07) is 0. The van der Waals surface area contributed by atoms with Gasteiger partial charge in [-0.1, -0.05) is 26.7 Å². The predicted molar refractivity (Wildman–Crippen MR) is 44.3 cm³/mol. The lowest BCUT2D eigenvalue weighted by molar-refractivity contribution is 0.0848. The van der Waals surface area contributed by atoms with Crippen molar-refractivity contribution in [3.63, 3.8) is 0 Å². The maximum atomic E-state index is 9.65. The lowest BCUT2D eigenvalue weighted by Crippen LogP contribution is -2.06. The van der Waals surface area contributed by atoms with Crippen LogP contribution in [-0.2, 0) is 9.47 Å². The van der Waals surface area contributed by atoms with Gasteiger partial charge in [0.2, 0.25) is 0 Å². The number of unbranched alkanes of at least 4 members (excludes halogenated alkanes) is 1. The van der Waals surface area contributed by atoms with E-state index in [0.717, 1.165) is 0 Å². The van der Waals surface area contributed by atoms with Gasteiger partial charge in [0.05, 0.1) is 6.61 Å². The number of hydrogen-bond donors (Lipinski definition) is 1. The largest absolute Gasteiger partial charge is 0.505 e. The first-order valence-corrected chi connectivity index (χ1v) is 4.18. The molecular weight excluding hydrogens is 160 g/mol. The molecule has 1 saturated heterocycles. The summed E-state index contributed by atoms with van der Waals surface area (Å²) in [5.41, 5.74) is 0. The molecule has 0 saturated carbocycles. The summed E-state index contributed by atoms with van der Waals surface area (Å²) in [5.74, 6) is 0. The number of carbonyl (C=O) groups is 1. The van der Waals surface area contributed by atoms with E-state index in [0.29, 0.717) is 6.61 Å². The molecule has 0 aromatic rings. The Kier molecular flexibility index (Phi) is 6.47. The molecule has 1 N–H and O–H groups in total. The molecule has 1 fully saturated rings. The van der Waals surface area contributed by atoms with Gasteiger partial charge >= 0.3 is 6.16 Å². The Labute approximate surface area is 72.5 Å². The molecule has 12 heavy (non-hydrogen) atoms. The van der Waals surface area contributed by atoms with Crippen LogP contribution < -0.4 is 0 Å². The van der Waals surface area contributed by atoms with Crippen LogP contribution >= 0.6 is 0 Å². The van der Waals surface area contributed by atoms with Crippen LogP contribution in [-0.4, -0.2) is 30.6 Å². The van der Waals surface area contributed by atoms with Crippen LogP contribution in [0.2, 0.25) is 0 Å². The van der Waals surface area contributed by atoms with Crippen molar-refractivity contribution in [1.82, 2.24) is 0 Å². The van der Waals surface area contributed by atoms with Crippen molar-refractivity contribution >= 4 is 6.16 Å². The molecule has 4 heteroatoms. The third kappa shape index (κ3) is 9.23. The highest BCUT2D eigenvalue weighted by Crippen LogP contribution is 2.07. The third-order valence-corrected chi connectivity index (χ3v) is 1.30. The standard InChI is InChI=1S/C4H6O4.C4H10/c5-4(6)8-2-3-1-7-3;1-3-4-2/h3H,1-2H2,(H,5,6);3-4H2,1-2H3. The zero-order valence-corrected chi connectivity index (χ0v) is 7.58. The minimum Gasteiger partial charge on any atom is -0.450 e. The van der Waals surface area contributed by atoms with Crippen LogP contribution in [0.25, 0.3) is 0 Å². The van der Waals surface area contributed by atoms with Gasteiger partial charge in [-0.3, -0.25) is 0 Å². The number of epoxide rings is 1. The van der Waals surface area contributed by atoms with E-state index in [-0.39, 0.29) is 12.7 Å². The topological polar surface area (TPSA) is 59.1 Å². The molecule has 1 atom stereocenters. The van der Waals surface area contributed by atoms with Gasteiger partial charge in [-0.2, -0.15) is 0 Å². The van der Waals surface area contributed by atoms with Crippen LogP contribution in [0.15, 0.2) is 0 Å². The van der Waals surface area contributed by atoms with E-state index >= 15 is 0 Å². The Balaban J connectivity index is 0.000000261. The lowest BCUT2D eigenvalue weighted by atomic mass is 10.4. The lowest BCUT2D eigenvalue weighted by Gasteiger charge is -1.91. The Morgan fingerprint density at radius 1 is 1.58 bits per heavy atom. The molecule has 1 aliphatic rings. The zero-order valence-electron chi connectivity index (χ0n) is 7.58. The van der Waals surface area contributed by atoms with Crippen molar-refractivity contribution in [2.75, 3.05) is 13.2 Å². The molecule has 0 radical (unpaired) electrons. The smallest absolute Gasteiger partial charge is 0.450 e. The van der Waals surface area contributed by atoms with E-state index in [1.807, 2.05) is 0 Å². The van der Waals surface area contributed by atoms with E-state index in [1.165, 1.54) is 12.8 Å². The summed E-state index contributed by atoms with van der Waals surface area (Å²) in [6.07, 6.45) is 1.44. The monoisotopic (exact) mass is 176 g/mol. The average molecular weight is 176 g/mol. The summed E-state index contributed by atoms with van der Waals surface area (Å²) < 4.78 is 8.83. The Bertz CT molecular complexity index is 118. The predicted octanol–water partition coefficient (Wildman–Crippen LogP) is 1.89. The van der Waals surface area contributed by atoms with Gasteiger partial charge in [-0.15, -0.1) is 0 Å². The van der Waals surface area contributed by atoms with E-state index in [2.05, 4.69) is 23.3 Å². The maximum Gasteiger partial charge on any atom is 0.505 e. The summed E-state index contributed by atoms with van der Waals surface area (Å²) in [5, 5.41) is 7.91. The van der Waals surface area contributed by atoms with Crippen LogP contribution in [0.5, 0.6) is 0 Å². The van der Waals surface area contributed by atoms with Crippen molar-refractivity contribution in [1.29, 1.82) is 0 Å². The fraction of sp³-hybridized carbons (Fsp3) is 0.875. The SMILES string of the molecule is CCCC.O=C(O)OCC1CO1. The fourth-order valence-electron chi connectivity index (χ4n) is 0.329. The van der Waals surface area contributed by atoms with Crippen LogP contribution in [0, 0.1) is 0 Å². The van der Waals surface area contributed by atoms with E-state index in [4.69, 9.17) is 5.11 Å². The second kappa shape index (κ2) is 6.91. The maximum absolute atomic E-state index is 9.65. The normalized spacial score (nSPS) is 19.0. The Hall–Kier alpha value is -0.770. The van der Waals surface area contributed by atoms with Crippen LogP contribution in [0.4, 0.5) is 4.79 Å². The number of carboxylic acid groups (broad SMARTS) is 1. The summed E-state index contributed by atoms with van der Waals surface area (Å²) in [4.78, 5) is 9.65. The summed E-state index contributed by atoms with van der Waals surface area (Å²) in [6.45, 7) is 5.17. The number of hydrogen-bond acceptors (Lipinski definition) is 3. The second-order valence-electron chi connectivity index (χ2n) is 2.53. The average Bonchev–Trinajstić information content (AvgIpc) is 2.84. The molecule has 0 aliphatic carbocycles. The summed E-state index contributed by atoms with van der Waals surface area (Å²) >= 11 is 0. The highest BCUT2D eigenvalue weighted by molar-refractivity contribution is 5.56. The first kappa shape index (κ1) is 11.2. The first-order valence-electron chi connectivity index (χ1n) is 4.18. The van der Waals surface area contributed by atoms with E-state index in [9.17, 15) is 4.79 Å². The molecule has 0 bridgehead atoms. The molecule has 4 nitrogen and oxygen atoms in total. The second-order valence-corrected chi connectivity index (χ2v) is 2.53. The van der Waals surface area contributed by atoms with Crippen LogP contribution in [0.3, 0.4) is 0 Å². The van der Waals surface area contributed by atoms with Crippen molar-refractivity contribution in [3.8, 4) is 0 Å². The molecule has 1 heterocycles. The number of rotatable bonds is 3. The van der Waals surface area contributed by atoms with Gasteiger partial charge in [-0.25, -0.2) is 4.79 Å². The molecule has 1 rings (SSSR count). The Morgan fingerprint density at radius 3 is 2.33 bits per heavy atom. The van der Waals surface area contributed by atoms with Gasteiger partial charge in [-0.05, 0) is 0 Å². The quantitative estimate of drug-likeness (QED) is 0.527. The minimum absolute atomic E-state index is 0.0334. The van der Waals surface area contributed by atoms with Gasteiger partial charge in [0.25, 0.3) is 0 Å². The van der Waals surface area contributed by atoms with E-state index in [1.54, 1.807) is 0 Å². The van der Waals surface area contributed by atoms with Crippen molar-refractivity contribution in [3.05, 3.63) is 0 Å².